The van der Waals surface area contributed by atoms with Gasteiger partial charge in [-0.05, 0) is 24.5 Å². The molecule has 1 aromatic carbocycles. The maximum atomic E-state index is 13.4. The third-order valence-corrected chi connectivity index (χ3v) is 3.65. The number of aromatic nitrogens is 1. The Morgan fingerprint density at radius 1 is 1.50 bits per heavy atom. The first kappa shape index (κ1) is 11.4. The Hall–Kier alpha value is -1.07. The molecule has 0 radical (unpaired) electrons. The highest BCUT2D eigenvalue weighted by Gasteiger charge is 2.02. The van der Waals surface area contributed by atoms with Crippen LogP contribution >= 0.6 is 23.1 Å². The van der Waals surface area contributed by atoms with Crippen molar-refractivity contribution in [2.24, 2.45) is 0 Å². The van der Waals surface area contributed by atoms with Crippen LogP contribution in [0.15, 0.2) is 34.8 Å². The number of hydrogen-bond donors (Lipinski definition) is 1. The minimum atomic E-state index is -0.179. The largest absolute Gasteiger partial charge is 0.380 e. The summed E-state index contributed by atoms with van der Waals surface area (Å²) in [5.74, 6) is -0.179. The van der Waals surface area contributed by atoms with E-state index in [1.54, 1.807) is 22.9 Å². The zero-order chi connectivity index (χ0) is 11.4. The third-order valence-electron chi connectivity index (χ3n) is 2.10. The molecule has 0 amide bonds. The molecule has 0 saturated carbocycles. The molecule has 0 spiro atoms. The second kappa shape index (κ2) is 5.32. The minimum Gasteiger partial charge on any atom is -0.380 e. The van der Waals surface area contributed by atoms with E-state index in [0.29, 0.717) is 11.4 Å². The number of thiazole rings is 1. The van der Waals surface area contributed by atoms with Crippen LogP contribution in [-0.2, 0) is 6.54 Å². The van der Waals surface area contributed by atoms with E-state index >= 15 is 0 Å². The second-order valence-electron chi connectivity index (χ2n) is 3.17. The summed E-state index contributed by atoms with van der Waals surface area (Å²) in [5, 5.41) is 3.16. The number of benzene rings is 1. The van der Waals surface area contributed by atoms with E-state index in [9.17, 15) is 4.39 Å². The average Bonchev–Trinajstić information content (AvgIpc) is 2.79. The lowest BCUT2D eigenvalue weighted by Crippen LogP contribution is -1.98. The van der Waals surface area contributed by atoms with E-state index < -0.39 is 0 Å². The van der Waals surface area contributed by atoms with Gasteiger partial charge >= 0.3 is 0 Å². The molecule has 2 aromatic rings. The summed E-state index contributed by atoms with van der Waals surface area (Å²) >= 11 is 2.99. The van der Waals surface area contributed by atoms with E-state index in [2.05, 4.69) is 10.3 Å². The molecule has 0 bridgehead atoms. The summed E-state index contributed by atoms with van der Waals surface area (Å²) < 4.78 is 13.4. The van der Waals surface area contributed by atoms with Gasteiger partial charge in [-0.25, -0.2) is 4.39 Å². The quantitative estimate of drug-likeness (QED) is 0.844. The van der Waals surface area contributed by atoms with Crippen LogP contribution in [0.3, 0.4) is 0 Å². The Morgan fingerprint density at radius 2 is 2.38 bits per heavy atom. The summed E-state index contributed by atoms with van der Waals surface area (Å²) in [7, 11) is 0. The molecular formula is C11H11FN2S2. The van der Waals surface area contributed by atoms with Crippen molar-refractivity contribution in [3.05, 3.63) is 40.6 Å². The molecule has 1 heterocycles. The minimum absolute atomic E-state index is 0.179. The number of hydrogen-bond acceptors (Lipinski definition) is 4. The van der Waals surface area contributed by atoms with Gasteiger partial charge in [0.1, 0.15) is 5.82 Å². The monoisotopic (exact) mass is 254 g/mol. The SMILES string of the molecule is CSc1ccc(NCc2cncs2)cc1F. The van der Waals surface area contributed by atoms with E-state index in [0.717, 1.165) is 10.6 Å². The van der Waals surface area contributed by atoms with Crippen LogP contribution in [0.2, 0.25) is 0 Å². The van der Waals surface area contributed by atoms with Crippen molar-refractivity contribution >= 4 is 28.8 Å². The fraction of sp³-hybridized carbons (Fsp3) is 0.182. The third kappa shape index (κ3) is 2.74. The summed E-state index contributed by atoms with van der Waals surface area (Å²) in [6.45, 7) is 0.683. The topological polar surface area (TPSA) is 24.9 Å². The lowest BCUT2D eigenvalue weighted by molar-refractivity contribution is 0.602. The Bertz CT molecular complexity index is 457. The predicted molar refractivity (Wildman–Crippen MR) is 67.6 cm³/mol. The van der Waals surface area contributed by atoms with Crippen molar-refractivity contribution in [1.82, 2.24) is 4.98 Å². The highest BCUT2D eigenvalue weighted by Crippen LogP contribution is 2.22. The number of nitrogens with one attached hydrogen (secondary N) is 1. The summed E-state index contributed by atoms with van der Waals surface area (Å²) in [5.41, 5.74) is 2.58. The van der Waals surface area contributed by atoms with Gasteiger partial charge in [0.15, 0.2) is 0 Å². The van der Waals surface area contributed by atoms with Gasteiger partial charge in [0.2, 0.25) is 0 Å². The molecule has 0 fully saturated rings. The van der Waals surface area contributed by atoms with Gasteiger partial charge in [-0.3, -0.25) is 4.98 Å². The first-order valence-electron chi connectivity index (χ1n) is 4.74. The van der Waals surface area contributed by atoms with E-state index in [-0.39, 0.29) is 5.82 Å². The highest BCUT2D eigenvalue weighted by molar-refractivity contribution is 7.98. The lowest BCUT2D eigenvalue weighted by atomic mass is 10.3. The molecule has 5 heteroatoms. The fourth-order valence-electron chi connectivity index (χ4n) is 1.29. The number of anilines is 1. The van der Waals surface area contributed by atoms with Crippen LogP contribution in [0.5, 0.6) is 0 Å². The van der Waals surface area contributed by atoms with Gasteiger partial charge in [0, 0.05) is 21.7 Å². The van der Waals surface area contributed by atoms with E-state index in [1.165, 1.54) is 17.8 Å². The maximum Gasteiger partial charge on any atom is 0.138 e. The zero-order valence-electron chi connectivity index (χ0n) is 8.74. The van der Waals surface area contributed by atoms with Crippen molar-refractivity contribution in [1.29, 1.82) is 0 Å². The maximum absolute atomic E-state index is 13.4. The molecule has 0 saturated heterocycles. The normalized spacial score (nSPS) is 10.4. The molecule has 16 heavy (non-hydrogen) atoms. The van der Waals surface area contributed by atoms with Crippen LogP contribution in [0.4, 0.5) is 10.1 Å². The Morgan fingerprint density at radius 3 is 3.00 bits per heavy atom. The van der Waals surface area contributed by atoms with Crippen LogP contribution < -0.4 is 5.32 Å². The first-order chi connectivity index (χ1) is 7.79. The number of nitrogens with zero attached hydrogens (tertiary/aromatic N) is 1. The standard InChI is InChI=1S/C11H11FN2S2/c1-15-11-3-2-8(4-10(11)12)14-6-9-5-13-7-16-9/h2-5,7,14H,6H2,1H3. The highest BCUT2D eigenvalue weighted by atomic mass is 32.2. The van der Waals surface area contributed by atoms with Crippen molar-refractivity contribution < 1.29 is 4.39 Å². The van der Waals surface area contributed by atoms with Crippen molar-refractivity contribution in [2.75, 3.05) is 11.6 Å². The molecule has 84 valence electrons. The zero-order valence-corrected chi connectivity index (χ0v) is 10.4. The fourth-order valence-corrected chi connectivity index (χ4v) is 2.29. The van der Waals surface area contributed by atoms with Crippen LogP contribution in [0.1, 0.15) is 4.88 Å². The molecule has 1 aromatic heterocycles. The smallest absolute Gasteiger partial charge is 0.138 e. The van der Waals surface area contributed by atoms with Gasteiger partial charge < -0.3 is 5.32 Å². The average molecular weight is 254 g/mol. The van der Waals surface area contributed by atoms with Gasteiger partial charge in [0.05, 0.1) is 12.1 Å². The van der Waals surface area contributed by atoms with Crippen molar-refractivity contribution in [3.8, 4) is 0 Å². The van der Waals surface area contributed by atoms with E-state index in [1.807, 2.05) is 18.5 Å². The van der Waals surface area contributed by atoms with Crippen LogP contribution in [-0.4, -0.2) is 11.2 Å². The first-order valence-corrected chi connectivity index (χ1v) is 6.85. The molecule has 0 unspecified atom stereocenters. The molecular weight excluding hydrogens is 243 g/mol. The van der Waals surface area contributed by atoms with Gasteiger partial charge in [0.25, 0.3) is 0 Å². The molecule has 0 atom stereocenters. The lowest BCUT2D eigenvalue weighted by Gasteiger charge is -2.06. The molecule has 0 aliphatic carbocycles. The molecule has 1 N–H and O–H groups in total. The molecule has 2 nitrogen and oxygen atoms in total. The van der Waals surface area contributed by atoms with Crippen LogP contribution in [0.25, 0.3) is 0 Å². The summed E-state index contributed by atoms with van der Waals surface area (Å²) in [6.07, 6.45) is 3.67. The van der Waals surface area contributed by atoms with E-state index in [4.69, 9.17) is 0 Å². The number of rotatable bonds is 4. The van der Waals surface area contributed by atoms with Crippen LogP contribution in [0, 0.1) is 5.82 Å². The Labute approximate surface area is 102 Å². The Balaban J connectivity index is 2.02. The van der Waals surface area contributed by atoms with Gasteiger partial charge in [-0.2, -0.15) is 0 Å². The molecule has 2 rings (SSSR count). The molecule has 0 aliphatic rings. The summed E-state index contributed by atoms with van der Waals surface area (Å²) in [6, 6.07) is 5.19. The molecule has 0 aliphatic heterocycles. The second-order valence-corrected chi connectivity index (χ2v) is 4.99. The van der Waals surface area contributed by atoms with Gasteiger partial charge in [-0.1, -0.05) is 0 Å². The Kier molecular flexibility index (Phi) is 3.79. The number of halogens is 1. The van der Waals surface area contributed by atoms with Crippen molar-refractivity contribution in [2.45, 2.75) is 11.4 Å². The van der Waals surface area contributed by atoms with Gasteiger partial charge in [-0.15, -0.1) is 23.1 Å². The predicted octanol–water partition coefficient (Wildman–Crippen LogP) is 3.62. The summed E-state index contributed by atoms with van der Waals surface area (Å²) in [4.78, 5) is 5.78. The number of thioether (sulfide) groups is 1. The van der Waals surface area contributed by atoms with Crippen molar-refractivity contribution in [3.63, 3.8) is 0 Å².